The number of benzene rings is 1. The van der Waals surface area contributed by atoms with Crippen LogP contribution in [0.15, 0.2) is 42.6 Å². The highest BCUT2D eigenvalue weighted by atomic mass is 19.1. The molecular weight excluding hydrogens is 259 g/mol. The van der Waals surface area contributed by atoms with Crippen LogP contribution in [-0.4, -0.2) is 15.7 Å². The lowest BCUT2D eigenvalue weighted by atomic mass is 10.2. The number of imidazole rings is 1. The molecule has 0 radical (unpaired) electrons. The summed E-state index contributed by atoms with van der Waals surface area (Å²) in [6, 6.07) is 9.59. The molecule has 2 heterocycles. The maximum Gasteiger partial charge on any atom is 0.249 e. The SMILES string of the molecule is Cc1cc(F)ccc1Oc1nc2ccccn2c1C=O. The van der Waals surface area contributed by atoms with E-state index in [-0.39, 0.29) is 11.7 Å². The van der Waals surface area contributed by atoms with E-state index in [4.69, 9.17) is 4.74 Å². The third kappa shape index (κ3) is 2.03. The summed E-state index contributed by atoms with van der Waals surface area (Å²) in [5.74, 6) is 0.347. The molecule has 0 saturated heterocycles. The standard InChI is InChI=1S/C15H11FN2O2/c1-10-8-11(16)5-6-13(10)20-15-12(9-19)18-7-3-2-4-14(18)17-15/h2-9H,1H3. The summed E-state index contributed by atoms with van der Waals surface area (Å²) in [7, 11) is 0. The fourth-order valence-corrected chi connectivity index (χ4v) is 2.01. The highest BCUT2D eigenvalue weighted by Crippen LogP contribution is 2.27. The van der Waals surface area contributed by atoms with Crippen LogP contribution in [0, 0.1) is 12.7 Å². The number of halogens is 1. The summed E-state index contributed by atoms with van der Waals surface area (Å²) in [5, 5.41) is 0. The Bertz CT molecular complexity index is 796. The fourth-order valence-electron chi connectivity index (χ4n) is 2.01. The van der Waals surface area contributed by atoms with Crippen LogP contribution in [-0.2, 0) is 0 Å². The average molecular weight is 270 g/mol. The number of aryl methyl sites for hydroxylation is 1. The van der Waals surface area contributed by atoms with Crippen molar-refractivity contribution >= 4 is 11.9 Å². The molecule has 5 heteroatoms. The van der Waals surface area contributed by atoms with Gasteiger partial charge in [-0.1, -0.05) is 6.07 Å². The molecule has 0 saturated carbocycles. The van der Waals surface area contributed by atoms with E-state index in [2.05, 4.69) is 4.98 Å². The zero-order valence-electron chi connectivity index (χ0n) is 10.7. The van der Waals surface area contributed by atoms with E-state index in [9.17, 15) is 9.18 Å². The van der Waals surface area contributed by atoms with E-state index < -0.39 is 0 Å². The van der Waals surface area contributed by atoms with Crippen molar-refractivity contribution in [2.24, 2.45) is 0 Å². The molecule has 0 unspecified atom stereocenters. The maximum absolute atomic E-state index is 13.1. The highest BCUT2D eigenvalue weighted by molar-refractivity contribution is 5.78. The van der Waals surface area contributed by atoms with E-state index in [1.165, 1.54) is 18.2 Å². The lowest BCUT2D eigenvalue weighted by molar-refractivity contribution is 0.111. The predicted octanol–water partition coefficient (Wildman–Crippen LogP) is 3.39. The molecule has 3 aromatic rings. The molecule has 3 rings (SSSR count). The van der Waals surface area contributed by atoms with Crippen molar-refractivity contribution in [3.63, 3.8) is 0 Å². The third-order valence-corrected chi connectivity index (χ3v) is 2.99. The molecule has 0 amide bonds. The Morgan fingerprint density at radius 3 is 2.90 bits per heavy atom. The van der Waals surface area contributed by atoms with Gasteiger partial charge in [0.05, 0.1) is 0 Å². The molecule has 4 nitrogen and oxygen atoms in total. The zero-order chi connectivity index (χ0) is 14.1. The van der Waals surface area contributed by atoms with Gasteiger partial charge in [-0.05, 0) is 42.8 Å². The second-order valence-corrected chi connectivity index (χ2v) is 4.36. The van der Waals surface area contributed by atoms with Crippen LogP contribution in [0.5, 0.6) is 11.6 Å². The van der Waals surface area contributed by atoms with Crippen LogP contribution in [0.2, 0.25) is 0 Å². The van der Waals surface area contributed by atoms with Gasteiger partial charge in [-0.2, -0.15) is 4.98 Å². The van der Waals surface area contributed by atoms with Gasteiger partial charge in [-0.3, -0.25) is 9.20 Å². The van der Waals surface area contributed by atoms with E-state index >= 15 is 0 Å². The molecule has 0 spiro atoms. The number of aldehydes is 1. The molecule has 0 fully saturated rings. The number of nitrogens with zero attached hydrogens (tertiary/aromatic N) is 2. The van der Waals surface area contributed by atoms with Crippen LogP contribution in [0.4, 0.5) is 4.39 Å². The molecular formula is C15H11FN2O2. The van der Waals surface area contributed by atoms with Crippen molar-refractivity contribution < 1.29 is 13.9 Å². The maximum atomic E-state index is 13.1. The first-order chi connectivity index (χ1) is 9.69. The molecule has 0 aliphatic carbocycles. The minimum Gasteiger partial charge on any atom is -0.437 e. The monoisotopic (exact) mass is 270 g/mol. The first-order valence-electron chi connectivity index (χ1n) is 6.05. The largest absolute Gasteiger partial charge is 0.437 e. The Balaban J connectivity index is 2.08. The second kappa shape index (κ2) is 4.77. The molecule has 0 bridgehead atoms. The summed E-state index contributed by atoms with van der Waals surface area (Å²) >= 11 is 0. The molecule has 0 N–H and O–H groups in total. The first kappa shape index (κ1) is 12.3. The molecule has 0 atom stereocenters. The molecule has 0 aliphatic rings. The molecule has 0 aliphatic heterocycles. The quantitative estimate of drug-likeness (QED) is 0.685. The second-order valence-electron chi connectivity index (χ2n) is 4.36. The van der Waals surface area contributed by atoms with Crippen molar-refractivity contribution in [3.05, 3.63) is 59.7 Å². The molecule has 100 valence electrons. The van der Waals surface area contributed by atoms with Gasteiger partial charge in [-0.25, -0.2) is 4.39 Å². The van der Waals surface area contributed by atoms with Crippen molar-refractivity contribution in [2.75, 3.05) is 0 Å². The highest BCUT2D eigenvalue weighted by Gasteiger charge is 2.14. The number of rotatable bonds is 3. The third-order valence-electron chi connectivity index (χ3n) is 2.99. The van der Waals surface area contributed by atoms with Gasteiger partial charge < -0.3 is 4.74 Å². The van der Waals surface area contributed by atoms with Gasteiger partial charge in [0, 0.05) is 6.20 Å². The number of carbonyl (C=O) groups is 1. The average Bonchev–Trinajstić information content (AvgIpc) is 2.79. The zero-order valence-corrected chi connectivity index (χ0v) is 10.7. The van der Waals surface area contributed by atoms with Crippen molar-refractivity contribution in [1.29, 1.82) is 0 Å². The van der Waals surface area contributed by atoms with Gasteiger partial charge >= 0.3 is 0 Å². The summed E-state index contributed by atoms with van der Waals surface area (Å²) in [6.07, 6.45) is 2.42. The lowest BCUT2D eigenvalue weighted by Gasteiger charge is -2.06. The minimum absolute atomic E-state index is 0.209. The van der Waals surface area contributed by atoms with Crippen LogP contribution >= 0.6 is 0 Å². The molecule has 2 aromatic heterocycles. The van der Waals surface area contributed by atoms with Gasteiger partial charge in [0.15, 0.2) is 12.0 Å². The van der Waals surface area contributed by atoms with Gasteiger partial charge in [0.2, 0.25) is 5.88 Å². The lowest BCUT2D eigenvalue weighted by Crippen LogP contribution is -1.94. The Labute approximate surface area is 114 Å². The van der Waals surface area contributed by atoms with Crippen molar-refractivity contribution in [3.8, 4) is 11.6 Å². The number of carbonyl (C=O) groups excluding carboxylic acids is 1. The Kier molecular flexibility index (Phi) is 2.95. The number of hydrogen-bond acceptors (Lipinski definition) is 3. The number of aromatic nitrogens is 2. The minimum atomic E-state index is -0.333. The summed E-state index contributed by atoms with van der Waals surface area (Å²) < 4.78 is 20.3. The number of pyridine rings is 1. The fraction of sp³-hybridized carbons (Fsp3) is 0.0667. The van der Waals surface area contributed by atoms with Crippen molar-refractivity contribution in [1.82, 2.24) is 9.38 Å². The van der Waals surface area contributed by atoms with E-state index in [1.807, 2.05) is 6.07 Å². The number of fused-ring (bicyclic) bond motifs is 1. The van der Waals surface area contributed by atoms with Crippen LogP contribution < -0.4 is 4.74 Å². The number of hydrogen-bond donors (Lipinski definition) is 0. The molecule has 20 heavy (non-hydrogen) atoms. The van der Waals surface area contributed by atoms with Crippen LogP contribution in [0.1, 0.15) is 16.1 Å². The van der Waals surface area contributed by atoms with Gasteiger partial charge in [-0.15, -0.1) is 0 Å². The smallest absolute Gasteiger partial charge is 0.249 e. The summed E-state index contributed by atoms with van der Waals surface area (Å²) in [5.41, 5.74) is 1.58. The topological polar surface area (TPSA) is 43.6 Å². The first-order valence-corrected chi connectivity index (χ1v) is 6.05. The van der Waals surface area contributed by atoms with Gasteiger partial charge in [0.25, 0.3) is 0 Å². The van der Waals surface area contributed by atoms with Gasteiger partial charge in [0.1, 0.15) is 17.2 Å². The Morgan fingerprint density at radius 2 is 2.15 bits per heavy atom. The van der Waals surface area contributed by atoms with E-state index in [0.29, 0.717) is 28.9 Å². The number of ether oxygens (including phenoxy) is 1. The van der Waals surface area contributed by atoms with E-state index in [0.717, 1.165) is 0 Å². The summed E-state index contributed by atoms with van der Waals surface area (Å²) in [4.78, 5) is 15.5. The molecule has 1 aromatic carbocycles. The van der Waals surface area contributed by atoms with Crippen LogP contribution in [0.25, 0.3) is 5.65 Å². The van der Waals surface area contributed by atoms with Crippen LogP contribution in [0.3, 0.4) is 0 Å². The normalized spacial score (nSPS) is 10.7. The van der Waals surface area contributed by atoms with Crippen molar-refractivity contribution in [2.45, 2.75) is 6.92 Å². The predicted molar refractivity (Wildman–Crippen MR) is 71.8 cm³/mol. The summed E-state index contributed by atoms with van der Waals surface area (Å²) in [6.45, 7) is 1.73. The Hall–Kier alpha value is -2.69. The Morgan fingerprint density at radius 1 is 1.30 bits per heavy atom. The van der Waals surface area contributed by atoms with E-state index in [1.54, 1.807) is 29.7 Å².